The Morgan fingerprint density at radius 2 is 1.77 bits per heavy atom. The lowest BCUT2D eigenvalue weighted by atomic mass is 10.0. The first-order valence-corrected chi connectivity index (χ1v) is 11.5. The maximum absolute atomic E-state index is 12.2. The molecule has 0 radical (unpaired) electrons. The Morgan fingerprint density at radius 1 is 1.07 bits per heavy atom. The minimum Gasteiger partial charge on any atom is -0.477 e. The van der Waals surface area contributed by atoms with Gasteiger partial charge in [0.1, 0.15) is 17.2 Å². The number of ether oxygens (including phenoxy) is 1. The molecule has 5 nitrogen and oxygen atoms in total. The lowest BCUT2D eigenvalue weighted by Crippen LogP contribution is -2.27. The molecule has 1 fully saturated rings. The van der Waals surface area contributed by atoms with Crippen molar-refractivity contribution >= 4 is 49.8 Å². The highest BCUT2D eigenvalue weighted by Crippen LogP contribution is 2.34. The number of carbonyl (C=O) groups is 2. The zero-order chi connectivity index (χ0) is 21.5. The van der Waals surface area contributed by atoms with Crippen molar-refractivity contribution in [3.63, 3.8) is 0 Å². The van der Waals surface area contributed by atoms with Gasteiger partial charge in [-0.15, -0.1) is 0 Å². The van der Waals surface area contributed by atoms with E-state index in [2.05, 4.69) is 37.2 Å². The van der Waals surface area contributed by atoms with E-state index >= 15 is 0 Å². The van der Waals surface area contributed by atoms with E-state index in [1.54, 1.807) is 18.2 Å². The van der Waals surface area contributed by atoms with Gasteiger partial charge in [0.05, 0.1) is 8.95 Å². The molecule has 0 bridgehead atoms. The van der Waals surface area contributed by atoms with Crippen LogP contribution in [0.4, 0.5) is 0 Å². The topological polar surface area (TPSA) is 75.6 Å². The molecule has 0 aromatic heterocycles. The smallest absolute Gasteiger partial charge is 0.352 e. The van der Waals surface area contributed by atoms with Crippen LogP contribution in [-0.4, -0.2) is 17.0 Å². The third-order valence-electron chi connectivity index (χ3n) is 5.08. The summed E-state index contributed by atoms with van der Waals surface area (Å²) in [6, 6.07) is 12.7. The molecule has 0 unspecified atom stereocenters. The number of carboxylic acid groups (broad SMARTS) is 1. The molecule has 0 saturated heterocycles. The van der Waals surface area contributed by atoms with Crippen molar-refractivity contribution in [3.05, 3.63) is 62.7 Å². The van der Waals surface area contributed by atoms with Gasteiger partial charge in [0, 0.05) is 6.42 Å². The van der Waals surface area contributed by atoms with E-state index in [9.17, 15) is 14.7 Å². The van der Waals surface area contributed by atoms with Crippen molar-refractivity contribution in [3.8, 4) is 11.5 Å². The number of carboxylic acids is 1. The molecule has 158 valence electrons. The predicted octanol–water partition coefficient (Wildman–Crippen LogP) is 6.52. The van der Waals surface area contributed by atoms with Crippen LogP contribution in [0.15, 0.2) is 57.1 Å². The second-order valence-corrected chi connectivity index (χ2v) is 9.03. The lowest BCUT2D eigenvalue weighted by Gasteiger charge is -2.11. The molecule has 3 rings (SSSR count). The van der Waals surface area contributed by atoms with E-state index in [1.807, 2.05) is 24.3 Å². The fraction of sp³-hybridized carbons (Fsp3) is 0.304. The molecule has 0 aliphatic heterocycles. The molecule has 1 aliphatic carbocycles. The molecule has 1 saturated carbocycles. The summed E-state index contributed by atoms with van der Waals surface area (Å²) < 4.78 is 7.39. The summed E-state index contributed by atoms with van der Waals surface area (Å²) in [5.41, 5.74) is 0.493. The zero-order valence-corrected chi connectivity index (χ0v) is 19.5. The van der Waals surface area contributed by atoms with Gasteiger partial charge < -0.3 is 15.2 Å². The van der Waals surface area contributed by atoms with Gasteiger partial charge in [-0.25, -0.2) is 4.79 Å². The Kier molecular flexibility index (Phi) is 8.10. The van der Waals surface area contributed by atoms with Gasteiger partial charge >= 0.3 is 5.97 Å². The summed E-state index contributed by atoms with van der Waals surface area (Å²) in [6.45, 7) is 0. The van der Waals surface area contributed by atoms with Crippen LogP contribution in [-0.2, 0) is 9.59 Å². The summed E-state index contributed by atoms with van der Waals surface area (Å²) in [5, 5.41) is 12.0. The van der Waals surface area contributed by atoms with Gasteiger partial charge in [0.15, 0.2) is 0 Å². The number of hydrogen-bond acceptors (Lipinski definition) is 3. The number of halogens is 2. The number of benzene rings is 2. The van der Waals surface area contributed by atoms with E-state index in [0.29, 0.717) is 33.9 Å². The summed E-state index contributed by atoms with van der Waals surface area (Å²) in [7, 11) is 0. The standard InChI is InChI=1S/C23H23Br2NO4/c24-17-7-3-4-8-20(17)30-21-11-9-16(13-18(21)25)14-19(23(28)29)26-22(27)12-10-15-5-1-2-6-15/h3-4,7-9,11,13-15H,1-2,5-6,10,12H2,(H,26,27)(H,28,29). The summed E-state index contributed by atoms with van der Waals surface area (Å²) in [6.07, 6.45) is 7.38. The van der Waals surface area contributed by atoms with Crippen LogP contribution in [0.5, 0.6) is 11.5 Å². The third-order valence-corrected chi connectivity index (χ3v) is 6.36. The van der Waals surface area contributed by atoms with E-state index in [4.69, 9.17) is 4.74 Å². The fourth-order valence-corrected chi connectivity index (χ4v) is 4.34. The van der Waals surface area contributed by atoms with Gasteiger partial charge in [-0.1, -0.05) is 43.9 Å². The molecule has 1 amide bonds. The predicted molar refractivity (Wildman–Crippen MR) is 123 cm³/mol. The van der Waals surface area contributed by atoms with Gasteiger partial charge in [0.25, 0.3) is 0 Å². The van der Waals surface area contributed by atoms with Crippen molar-refractivity contribution in [1.29, 1.82) is 0 Å². The van der Waals surface area contributed by atoms with Crippen molar-refractivity contribution in [2.24, 2.45) is 5.92 Å². The largest absolute Gasteiger partial charge is 0.477 e. The fourth-order valence-electron chi connectivity index (χ4n) is 3.50. The number of rotatable bonds is 8. The molecular weight excluding hydrogens is 514 g/mol. The number of para-hydroxylation sites is 1. The summed E-state index contributed by atoms with van der Waals surface area (Å²) >= 11 is 6.91. The minimum absolute atomic E-state index is 0.141. The van der Waals surface area contributed by atoms with Crippen LogP contribution in [0.25, 0.3) is 6.08 Å². The number of amides is 1. The van der Waals surface area contributed by atoms with Crippen molar-refractivity contribution in [1.82, 2.24) is 5.32 Å². The van der Waals surface area contributed by atoms with E-state index in [-0.39, 0.29) is 11.6 Å². The van der Waals surface area contributed by atoms with Crippen LogP contribution in [0.2, 0.25) is 0 Å². The van der Waals surface area contributed by atoms with Gasteiger partial charge in [0.2, 0.25) is 5.91 Å². The van der Waals surface area contributed by atoms with Crippen LogP contribution >= 0.6 is 31.9 Å². The highest BCUT2D eigenvalue weighted by atomic mass is 79.9. The molecule has 2 N–H and O–H groups in total. The van der Waals surface area contributed by atoms with Crippen molar-refractivity contribution in [2.45, 2.75) is 38.5 Å². The normalized spacial score (nSPS) is 14.5. The molecule has 30 heavy (non-hydrogen) atoms. The number of aliphatic carboxylic acids is 1. The van der Waals surface area contributed by atoms with Gasteiger partial charge in [-0.2, -0.15) is 0 Å². The highest BCUT2D eigenvalue weighted by Gasteiger charge is 2.18. The maximum atomic E-state index is 12.2. The molecule has 2 aromatic rings. The number of nitrogens with one attached hydrogen (secondary N) is 1. The van der Waals surface area contributed by atoms with Gasteiger partial charge in [-0.05, 0) is 80.1 Å². The lowest BCUT2D eigenvalue weighted by molar-refractivity contribution is -0.134. The monoisotopic (exact) mass is 535 g/mol. The Morgan fingerprint density at radius 3 is 2.43 bits per heavy atom. The average Bonchev–Trinajstić information content (AvgIpc) is 3.23. The Labute approximate surface area is 192 Å². The van der Waals surface area contributed by atoms with E-state index < -0.39 is 5.97 Å². The highest BCUT2D eigenvalue weighted by molar-refractivity contribution is 9.11. The SMILES string of the molecule is O=C(CCC1CCCC1)NC(=Cc1ccc(Oc2ccccc2Br)c(Br)c1)C(=O)O. The van der Waals surface area contributed by atoms with E-state index in [0.717, 1.165) is 23.7 Å². The zero-order valence-electron chi connectivity index (χ0n) is 16.4. The molecule has 0 spiro atoms. The third kappa shape index (κ3) is 6.44. The first-order chi connectivity index (χ1) is 14.4. The maximum Gasteiger partial charge on any atom is 0.352 e. The molecule has 7 heteroatoms. The Balaban J connectivity index is 1.67. The van der Waals surface area contributed by atoms with Crippen LogP contribution in [0.1, 0.15) is 44.1 Å². The first kappa shape index (κ1) is 22.6. The molecule has 0 heterocycles. The molecule has 2 aromatic carbocycles. The van der Waals surface area contributed by atoms with Gasteiger partial charge in [-0.3, -0.25) is 4.79 Å². The Hall–Kier alpha value is -2.12. The molecule has 0 atom stereocenters. The van der Waals surface area contributed by atoms with Crippen LogP contribution in [0.3, 0.4) is 0 Å². The average molecular weight is 537 g/mol. The van der Waals surface area contributed by atoms with Crippen LogP contribution < -0.4 is 10.1 Å². The summed E-state index contributed by atoms with van der Waals surface area (Å²) in [4.78, 5) is 23.8. The second kappa shape index (κ2) is 10.8. The molecular formula is C23H23Br2NO4. The van der Waals surface area contributed by atoms with E-state index in [1.165, 1.54) is 18.9 Å². The number of carbonyl (C=O) groups excluding carboxylic acids is 1. The number of hydrogen-bond donors (Lipinski definition) is 2. The quantitative estimate of drug-likeness (QED) is 0.377. The van der Waals surface area contributed by atoms with Crippen molar-refractivity contribution in [2.75, 3.05) is 0 Å². The van der Waals surface area contributed by atoms with Crippen molar-refractivity contribution < 1.29 is 19.4 Å². The minimum atomic E-state index is -1.17. The van der Waals surface area contributed by atoms with Crippen LogP contribution in [0, 0.1) is 5.92 Å². The summed E-state index contributed by atoms with van der Waals surface area (Å²) in [5.74, 6) is 0.414. The Bertz CT molecular complexity index is 952. The molecule has 1 aliphatic rings. The first-order valence-electron chi connectivity index (χ1n) is 9.89. The second-order valence-electron chi connectivity index (χ2n) is 7.32.